The normalized spacial score (nSPS) is 12.0. The van der Waals surface area contributed by atoms with Crippen LogP contribution in [0, 0.1) is 0 Å². The van der Waals surface area contributed by atoms with Crippen molar-refractivity contribution in [1.29, 1.82) is 0 Å². The van der Waals surface area contributed by atoms with Crippen molar-refractivity contribution in [3.05, 3.63) is 90.0 Å². The number of nitrogens with one attached hydrogen (secondary N) is 1. The molecule has 33 heavy (non-hydrogen) atoms. The molecule has 0 bridgehead atoms. The van der Waals surface area contributed by atoms with E-state index >= 15 is 0 Å². The maximum Gasteiger partial charge on any atom is 0.412 e. The molecule has 0 aliphatic heterocycles. The van der Waals surface area contributed by atoms with Gasteiger partial charge in [0.1, 0.15) is 23.9 Å². The molecular weight excluding hydrogens is 418 g/mol. The fourth-order valence-electron chi connectivity index (χ4n) is 3.70. The van der Waals surface area contributed by atoms with Crippen LogP contribution in [0.4, 0.5) is 4.79 Å². The van der Waals surface area contributed by atoms with E-state index in [-0.39, 0.29) is 13.2 Å². The number of fused-ring (bicyclic) bond motifs is 2. The van der Waals surface area contributed by atoms with Crippen molar-refractivity contribution in [2.45, 2.75) is 19.8 Å². The highest BCUT2D eigenvalue weighted by molar-refractivity contribution is 5.98. The molecule has 0 fully saturated rings. The summed E-state index contributed by atoms with van der Waals surface area (Å²) in [5.41, 5.74) is 2.23. The first-order chi connectivity index (χ1) is 16.0. The van der Waals surface area contributed by atoms with Gasteiger partial charge in [-0.15, -0.1) is 0 Å². The summed E-state index contributed by atoms with van der Waals surface area (Å²) in [6, 6.07) is 17.4. The molecule has 3 aromatic rings. The highest BCUT2D eigenvalue weighted by Gasteiger charge is 2.24. The lowest BCUT2D eigenvalue weighted by molar-refractivity contribution is -0.138. The van der Waals surface area contributed by atoms with E-state index in [0.717, 1.165) is 33.4 Å². The number of rotatable bonds is 7. The van der Waals surface area contributed by atoms with Gasteiger partial charge in [0.25, 0.3) is 0 Å². The van der Waals surface area contributed by atoms with Crippen LogP contribution in [0.2, 0.25) is 0 Å². The second-order valence-electron chi connectivity index (χ2n) is 7.69. The van der Waals surface area contributed by atoms with Crippen molar-refractivity contribution in [2.24, 2.45) is 0 Å². The van der Waals surface area contributed by atoms with E-state index in [0.29, 0.717) is 24.2 Å². The van der Waals surface area contributed by atoms with Gasteiger partial charge >= 0.3 is 12.1 Å². The van der Waals surface area contributed by atoms with Crippen LogP contribution in [0.25, 0.3) is 10.8 Å². The molecule has 0 atom stereocenters. The molecule has 0 heterocycles. The largest absolute Gasteiger partial charge is 0.460 e. The highest BCUT2D eigenvalue weighted by Crippen LogP contribution is 2.44. The molecular formula is C27H25NO5. The molecule has 0 aromatic heterocycles. The number of benzene rings is 3. The van der Waals surface area contributed by atoms with E-state index < -0.39 is 12.1 Å². The van der Waals surface area contributed by atoms with Crippen LogP contribution in [0.5, 0.6) is 17.2 Å². The van der Waals surface area contributed by atoms with Crippen LogP contribution in [0.3, 0.4) is 0 Å². The summed E-state index contributed by atoms with van der Waals surface area (Å²) in [5.74, 6) is 1.54. The first-order valence-corrected chi connectivity index (χ1v) is 10.8. The molecule has 0 saturated heterocycles. The molecule has 1 aliphatic carbocycles. The van der Waals surface area contributed by atoms with Crippen LogP contribution < -0.4 is 14.8 Å². The van der Waals surface area contributed by atoms with Crippen molar-refractivity contribution in [1.82, 2.24) is 5.32 Å². The first kappa shape index (κ1) is 22.1. The molecule has 1 amide bonds. The summed E-state index contributed by atoms with van der Waals surface area (Å²) in [5, 5.41) is 4.30. The molecule has 1 N–H and O–H groups in total. The lowest BCUT2D eigenvalue weighted by Crippen LogP contribution is -2.31. The van der Waals surface area contributed by atoms with Gasteiger partial charge in [0.05, 0.1) is 6.54 Å². The minimum Gasteiger partial charge on any atom is -0.460 e. The van der Waals surface area contributed by atoms with Crippen molar-refractivity contribution in [3.8, 4) is 17.2 Å². The Morgan fingerprint density at radius 2 is 1.52 bits per heavy atom. The monoisotopic (exact) mass is 443 g/mol. The van der Waals surface area contributed by atoms with Crippen LogP contribution in [-0.4, -0.2) is 25.2 Å². The number of esters is 1. The molecule has 1 aliphatic rings. The molecule has 0 unspecified atom stereocenters. The Balaban J connectivity index is 1.61. The molecule has 0 saturated carbocycles. The van der Waals surface area contributed by atoms with Gasteiger partial charge in [-0.05, 0) is 31.9 Å². The average molecular weight is 443 g/mol. The van der Waals surface area contributed by atoms with Gasteiger partial charge in [-0.1, -0.05) is 61.2 Å². The molecule has 168 valence electrons. The van der Waals surface area contributed by atoms with Crippen LogP contribution in [0.1, 0.15) is 18.1 Å². The van der Waals surface area contributed by atoms with E-state index in [1.807, 2.05) is 54.6 Å². The Hall–Kier alpha value is -4.06. The predicted octanol–water partition coefficient (Wildman–Crippen LogP) is 5.49. The summed E-state index contributed by atoms with van der Waals surface area (Å²) >= 11 is 0. The van der Waals surface area contributed by atoms with E-state index in [1.54, 1.807) is 6.92 Å². The number of hydrogen-bond acceptors (Lipinski definition) is 5. The minimum absolute atomic E-state index is 0.0340. The number of amides is 1. The summed E-state index contributed by atoms with van der Waals surface area (Å²) in [7, 11) is 0. The van der Waals surface area contributed by atoms with Crippen molar-refractivity contribution in [3.63, 3.8) is 0 Å². The number of ether oxygens (including phenoxy) is 3. The van der Waals surface area contributed by atoms with Gasteiger partial charge in [-0.2, -0.15) is 0 Å². The van der Waals surface area contributed by atoms with E-state index in [9.17, 15) is 9.59 Å². The Bertz CT molecular complexity index is 1230. The van der Waals surface area contributed by atoms with Crippen molar-refractivity contribution < 1.29 is 23.8 Å². The number of carbonyl (C=O) groups is 2. The van der Waals surface area contributed by atoms with E-state index in [4.69, 9.17) is 14.2 Å². The number of para-hydroxylation sites is 1. The second-order valence-corrected chi connectivity index (χ2v) is 7.69. The number of hydrogen-bond donors (Lipinski definition) is 1. The zero-order valence-electron chi connectivity index (χ0n) is 18.4. The fraction of sp³-hybridized carbons (Fsp3) is 0.185. The van der Waals surface area contributed by atoms with Crippen molar-refractivity contribution >= 4 is 22.8 Å². The van der Waals surface area contributed by atoms with Crippen LogP contribution in [-0.2, 0) is 22.4 Å². The Morgan fingerprint density at radius 1 is 0.909 bits per heavy atom. The van der Waals surface area contributed by atoms with Crippen LogP contribution >= 0.6 is 0 Å². The van der Waals surface area contributed by atoms with E-state index in [2.05, 4.69) is 24.0 Å². The van der Waals surface area contributed by atoms with E-state index in [1.165, 1.54) is 0 Å². The Morgan fingerprint density at radius 3 is 2.18 bits per heavy atom. The lowest BCUT2D eigenvalue weighted by atomic mass is 9.90. The molecule has 6 heteroatoms. The quantitative estimate of drug-likeness (QED) is 0.226. The SMILES string of the molecule is C=C(C)C(=O)OCCNC(=O)Oc1c2c(c(Oc3ccccc3)c3ccccc13)CC=CC2. The third-order valence-corrected chi connectivity index (χ3v) is 5.25. The third kappa shape index (κ3) is 5.06. The molecule has 4 rings (SSSR count). The molecule has 3 aromatic carbocycles. The summed E-state index contributed by atoms with van der Waals surface area (Å²) in [4.78, 5) is 24.0. The smallest absolute Gasteiger partial charge is 0.412 e. The van der Waals surface area contributed by atoms with Crippen LogP contribution in [0.15, 0.2) is 78.9 Å². The maximum atomic E-state index is 12.6. The van der Waals surface area contributed by atoms with Gasteiger partial charge in [-0.25, -0.2) is 9.59 Å². The molecule has 0 radical (unpaired) electrons. The van der Waals surface area contributed by atoms with Gasteiger partial charge in [0.2, 0.25) is 0 Å². The third-order valence-electron chi connectivity index (χ3n) is 5.25. The minimum atomic E-state index is -0.611. The Kier molecular flexibility index (Phi) is 6.74. The second kappa shape index (κ2) is 10.0. The zero-order valence-corrected chi connectivity index (χ0v) is 18.4. The van der Waals surface area contributed by atoms with Gasteiger partial charge in [-0.3, -0.25) is 0 Å². The standard InChI is InChI=1S/C27H25NO5/c1-18(2)26(29)31-17-16-28-27(30)33-25-22-14-8-6-12-20(22)24(21-13-7-9-15-23(21)25)32-19-10-4-3-5-11-19/h3-12,14H,1,13,15-17H2,2H3,(H,28,30). The summed E-state index contributed by atoms with van der Waals surface area (Å²) < 4.78 is 17.1. The topological polar surface area (TPSA) is 73.9 Å². The van der Waals surface area contributed by atoms with Gasteiger partial charge < -0.3 is 19.5 Å². The number of carbonyl (C=O) groups excluding carboxylic acids is 2. The highest BCUT2D eigenvalue weighted by atomic mass is 16.6. The molecule has 6 nitrogen and oxygen atoms in total. The summed E-state index contributed by atoms with van der Waals surface area (Å²) in [6.07, 6.45) is 4.85. The number of allylic oxidation sites excluding steroid dienone is 2. The van der Waals surface area contributed by atoms with Crippen molar-refractivity contribution in [2.75, 3.05) is 13.2 Å². The lowest BCUT2D eigenvalue weighted by Gasteiger charge is -2.23. The molecule has 0 spiro atoms. The predicted molar refractivity (Wildman–Crippen MR) is 127 cm³/mol. The summed E-state index contributed by atoms with van der Waals surface area (Å²) in [6.45, 7) is 5.26. The Labute approximate surface area is 192 Å². The maximum absolute atomic E-state index is 12.6. The van der Waals surface area contributed by atoms with Gasteiger partial charge in [0, 0.05) is 27.5 Å². The first-order valence-electron chi connectivity index (χ1n) is 10.8. The fourth-order valence-corrected chi connectivity index (χ4v) is 3.70. The average Bonchev–Trinajstić information content (AvgIpc) is 2.84. The van der Waals surface area contributed by atoms with Gasteiger partial charge in [0.15, 0.2) is 0 Å². The zero-order chi connectivity index (χ0) is 23.2.